The minimum Gasteiger partial charge on any atom is -0.300 e. The number of Topliss-reactive ketones (excluding diaryl/α,β-unsaturated/α-hetero) is 1. The molecule has 1 heteroatoms. The highest BCUT2D eigenvalue weighted by Gasteiger charge is 2.29. The monoisotopic (exact) mass is 236 g/mol. The minimum atomic E-state index is 0.147. The molecule has 0 aliphatic carbocycles. The van der Waals surface area contributed by atoms with E-state index in [1.807, 2.05) is 6.92 Å². The van der Waals surface area contributed by atoms with Crippen LogP contribution in [0.2, 0.25) is 0 Å². The summed E-state index contributed by atoms with van der Waals surface area (Å²) < 4.78 is 0. The Balaban J connectivity index is 4.92. The van der Waals surface area contributed by atoms with Crippen LogP contribution in [0, 0.1) is 17.3 Å². The average Bonchev–Trinajstić information content (AvgIpc) is 2.15. The van der Waals surface area contributed by atoms with Crippen molar-refractivity contribution in [2.75, 3.05) is 0 Å². The minimum absolute atomic E-state index is 0.147. The van der Waals surface area contributed by atoms with Gasteiger partial charge >= 0.3 is 0 Å². The van der Waals surface area contributed by atoms with Gasteiger partial charge in [0.15, 0.2) is 0 Å². The maximum atomic E-state index is 11.3. The van der Waals surface area contributed by atoms with Gasteiger partial charge in [-0.2, -0.15) is 0 Å². The zero-order chi connectivity index (χ0) is 13.6. The Hall–Kier alpha value is -0.850. The summed E-state index contributed by atoms with van der Waals surface area (Å²) in [5, 5.41) is 0. The zero-order valence-corrected chi connectivity index (χ0v) is 12.3. The lowest BCUT2D eigenvalue weighted by atomic mass is 9.70. The number of allylic oxidation sites excluding steroid dienone is 3. The summed E-state index contributed by atoms with van der Waals surface area (Å²) in [5.41, 5.74) is 1.27. The van der Waals surface area contributed by atoms with Crippen LogP contribution < -0.4 is 0 Å². The Bertz CT molecular complexity index is 299. The summed E-state index contributed by atoms with van der Waals surface area (Å²) in [4.78, 5) is 11.3. The van der Waals surface area contributed by atoms with E-state index < -0.39 is 0 Å². The van der Waals surface area contributed by atoms with Crippen LogP contribution in [-0.4, -0.2) is 5.78 Å². The van der Waals surface area contributed by atoms with Gasteiger partial charge in [0.1, 0.15) is 5.78 Å². The molecule has 0 aliphatic heterocycles. The van der Waals surface area contributed by atoms with Crippen LogP contribution in [0.3, 0.4) is 0 Å². The average molecular weight is 236 g/mol. The first-order valence-corrected chi connectivity index (χ1v) is 6.51. The first kappa shape index (κ1) is 16.1. The Morgan fingerprint density at radius 1 is 1.35 bits per heavy atom. The van der Waals surface area contributed by atoms with Gasteiger partial charge in [0.05, 0.1) is 0 Å². The molecule has 2 atom stereocenters. The molecule has 0 aromatic rings. The highest BCUT2D eigenvalue weighted by atomic mass is 16.1. The predicted octanol–water partition coefficient (Wildman–Crippen LogP) is 4.79. The summed E-state index contributed by atoms with van der Waals surface area (Å²) in [6.07, 6.45) is 6.01. The molecule has 98 valence electrons. The van der Waals surface area contributed by atoms with E-state index in [1.165, 1.54) is 0 Å². The molecule has 0 unspecified atom stereocenters. The fraction of sp³-hybridized carbons (Fsp3) is 0.688. The number of rotatable bonds is 7. The van der Waals surface area contributed by atoms with Crippen LogP contribution in [0.5, 0.6) is 0 Å². The van der Waals surface area contributed by atoms with Crippen molar-refractivity contribution in [3.63, 3.8) is 0 Å². The number of ketones is 1. The van der Waals surface area contributed by atoms with Crippen LogP contribution in [-0.2, 0) is 4.79 Å². The SMILES string of the molecule is C=C(C)[C@H](CC(C)=O)C[C@@](C)(/C=C\C)C(C)C. The third-order valence-electron chi connectivity index (χ3n) is 3.78. The molecule has 0 bridgehead atoms. The molecule has 0 saturated heterocycles. The van der Waals surface area contributed by atoms with Gasteiger partial charge in [0.25, 0.3) is 0 Å². The third-order valence-corrected chi connectivity index (χ3v) is 3.78. The fourth-order valence-electron chi connectivity index (χ4n) is 2.18. The second-order valence-electron chi connectivity index (χ2n) is 5.81. The topological polar surface area (TPSA) is 17.1 Å². The molecule has 0 amide bonds. The van der Waals surface area contributed by atoms with Gasteiger partial charge in [0.2, 0.25) is 0 Å². The molecule has 17 heavy (non-hydrogen) atoms. The summed E-state index contributed by atoms with van der Waals surface area (Å²) in [5.74, 6) is 1.12. The number of hydrogen-bond acceptors (Lipinski definition) is 1. The van der Waals surface area contributed by atoms with Crippen LogP contribution in [0.1, 0.15) is 54.4 Å². The zero-order valence-electron chi connectivity index (χ0n) is 12.3. The second kappa shape index (κ2) is 6.78. The highest BCUT2D eigenvalue weighted by Crippen LogP contribution is 2.38. The van der Waals surface area contributed by atoms with E-state index in [4.69, 9.17) is 0 Å². The van der Waals surface area contributed by atoms with Crippen molar-refractivity contribution < 1.29 is 4.79 Å². The molecule has 0 rings (SSSR count). The molecule has 0 fully saturated rings. The van der Waals surface area contributed by atoms with Crippen molar-refractivity contribution in [1.29, 1.82) is 0 Å². The van der Waals surface area contributed by atoms with Crippen molar-refractivity contribution in [1.82, 2.24) is 0 Å². The van der Waals surface area contributed by atoms with E-state index in [0.717, 1.165) is 12.0 Å². The van der Waals surface area contributed by atoms with Gasteiger partial charge < -0.3 is 4.79 Å². The summed E-state index contributed by atoms with van der Waals surface area (Å²) in [6.45, 7) is 16.5. The number of carbonyl (C=O) groups is 1. The van der Waals surface area contributed by atoms with Crippen LogP contribution in [0.25, 0.3) is 0 Å². The smallest absolute Gasteiger partial charge is 0.130 e. The normalized spacial score (nSPS) is 17.1. The van der Waals surface area contributed by atoms with E-state index in [-0.39, 0.29) is 11.2 Å². The summed E-state index contributed by atoms with van der Waals surface area (Å²) in [6, 6.07) is 0. The van der Waals surface area contributed by atoms with Crippen LogP contribution in [0.4, 0.5) is 0 Å². The maximum absolute atomic E-state index is 11.3. The van der Waals surface area contributed by atoms with Crippen molar-refractivity contribution in [2.24, 2.45) is 17.3 Å². The van der Waals surface area contributed by atoms with E-state index in [9.17, 15) is 4.79 Å². The van der Waals surface area contributed by atoms with Crippen LogP contribution >= 0.6 is 0 Å². The van der Waals surface area contributed by atoms with Gasteiger partial charge in [0, 0.05) is 6.42 Å². The lowest BCUT2D eigenvalue weighted by Crippen LogP contribution is -2.26. The molecule has 0 aliphatic rings. The molecule has 0 heterocycles. The molecular formula is C16H28O. The quantitative estimate of drug-likeness (QED) is 0.581. The number of hydrogen-bond donors (Lipinski definition) is 0. The van der Waals surface area contributed by atoms with E-state index in [2.05, 4.69) is 46.4 Å². The van der Waals surface area contributed by atoms with E-state index >= 15 is 0 Å². The van der Waals surface area contributed by atoms with Gasteiger partial charge in [-0.1, -0.05) is 45.1 Å². The lowest BCUT2D eigenvalue weighted by molar-refractivity contribution is -0.117. The molecule has 0 aromatic heterocycles. The van der Waals surface area contributed by atoms with Crippen molar-refractivity contribution in [3.05, 3.63) is 24.3 Å². The summed E-state index contributed by atoms with van der Waals surface area (Å²) >= 11 is 0. The predicted molar refractivity (Wildman–Crippen MR) is 76.0 cm³/mol. The largest absolute Gasteiger partial charge is 0.300 e. The molecule has 0 spiro atoms. The third kappa shape index (κ3) is 5.34. The standard InChI is InChI=1S/C16H28O/c1-8-9-16(7,13(4)5)11-15(12(2)3)10-14(6)17/h8-9,13,15H,2,10-11H2,1,3-7H3/b9-8-/t15-,16-/m1/s1. The van der Waals surface area contributed by atoms with Crippen molar-refractivity contribution in [2.45, 2.75) is 54.4 Å². The van der Waals surface area contributed by atoms with Crippen LogP contribution in [0.15, 0.2) is 24.3 Å². The molecule has 0 N–H and O–H groups in total. The van der Waals surface area contributed by atoms with E-state index in [1.54, 1.807) is 6.92 Å². The summed E-state index contributed by atoms with van der Waals surface area (Å²) in [7, 11) is 0. The Morgan fingerprint density at radius 3 is 2.18 bits per heavy atom. The lowest BCUT2D eigenvalue weighted by Gasteiger charge is -2.34. The van der Waals surface area contributed by atoms with Gasteiger partial charge in [-0.25, -0.2) is 0 Å². The Morgan fingerprint density at radius 2 is 1.88 bits per heavy atom. The van der Waals surface area contributed by atoms with Gasteiger partial charge in [-0.15, -0.1) is 0 Å². The molecule has 1 nitrogen and oxygen atoms in total. The number of carbonyl (C=O) groups excluding carboxylic acids is 1. The van der Waals surface area contributed by atoms with Crippen molar-refractivity contribution >= 4 is 5.78 Å². The molecular weight excluding hydrogens is 208 g/mol. The molecule has 0 saturated carbocycles. The molecule has 0 aromatic carbocycles. The first-order chi connectivity index (χ1) is 7.73. The Labute approximate surface area is 107 Å². The first-order valence-electron chi connectivity index (χ1n) is 6.51. The highest BCUT2D eigenvalue weighted by molar-refractivity contribution is 5.76. The van der Waals surface area contributed by atoms with Gasteiger partial charge in [-0.05, 0) is 44.4 Å². The Kier molecular flexibility index (Phi) is 6.44. The van der Waals surface area contributed by atoms with E-state index in [0.29, 0.717) is 18.3 Å². The molecule has 0 radical (unpaired) electrons. The van der Waals surface area contributed by atoms with Crippen molar-refractivity contribution in [3.8, 4) is 0 Å². The maximum Gasteiger partial charge on any atom is 0.130 e. The van der Waals surface area contributed by atoms with Gasteiger partial charge in [-0.3, -0.25) is 0 Å². The fourth-order valence-corrected chi connectivity index (χ4v) is 2.18. The second-order valence-corrected chi connectivity index (χ2v) is 5.81.